The fraction of sp³-hybridized carbons (Fsp3) is 0.105. The van der Waals surface area contributed by atoms with Gasteiger partial charge in [-0.2, -0.15) is 13.2 Å². The van der Waals surface area contributed by atoms with Crippen LogP contribution in [0.4, 0.5) is 24.5 Å². The Hall–Kier alpha value is -3.22. The van der Waals surface area contributed by atoms with Gasteiger partial charge in [0, 0.05) is 11.1 Å². The van der Waals surface area contributed by atoms with Gasteiger partial charge in [-0.25, -0.2) is 0 Å². The number of nitrogens with one attached hydrogen (secondary N) is 1. The van der Waals surface area contributed by atoms with Crippen molar-refractivity contribution < 1.29 is 23.1 Å². The van der Waals surface area contributed by atoms with E-state index in [0.717, 1.165) is 12.1 Å². The molecule has 7 heteroatoms. The van der Waals surface area contributed by atoms with Crippen LogP contribution in [0.15, 0.2) is 48.5 Å². The number of carbonyl (C=O) groups excluding carboxylic acids is 1. The highest BCUT2D eigenvalue weighted by Gasteiger charge is 2.31. The second kappa shape index (κ2) is 6.25. The predicted octanol–water partition coefficient (Wildman–Crippen LogP) is 4.71. The molecule has 0 atom stereocenters. The molecule has 0 saturated carbocycles. The number of nitrogen functional groups attached to an aromatic ring is 1. The summed E-state index contributed by atoms with van der Waals surface area (Å²) in [7, 11) is 0. The zero-order chi connectivity index (χ0) is 19.1. The number of carbonyl (C=O) groups is 1. The summed E-state index contributed by atoms with van der Waals surface area (Å²) in [6.07, 6.45) is -4.53. The quantitative estimate of drug-likeness (QED) is 0.458. The largest absolute Gasteiger partial charge is 0.505 e. The topological polar surface area (TPSA) is 75.4 Å². The number of halogens is 3. The summed E-state index contributed by atoms with van der Waals surface area (Å²) in [5.74, 6) is -1.16. The van der Waals surface area contributed by atoms with Gasteiger partial charge in [-0.1, -0.05) is 30.3 Å². The van der Waals surface area contributed by atoms with E-state index >= 15 is 0 Å². The van der Waals surface area contributed by atoms with Gasteiger partial charge in [0.15, 0.2) is 5.75 Å². The van der Waals surface area contributed by atoms with Gasteiger partial charge >= 0.3 is 6.18 Å². The molecular formula is C19H15F3N2O2. The first-order chi connectivity index (χ1) is 12.2. The van der Waals surface area contributed by atoms with Gasteiger partial charge in [-0.3, -0.25) is 4.79 Å². The van der Waals surface area contributed by atoms with E-state index in [0.29, 0.717) is 16.3 Å². The highest BCUT2D eigenvalue weighted by atomic mass is 19.4. The monoisotopic (exact) mass is 360 g/mol. The maximum Gasteiger partial charge on any atom is 0.416 e. The number of benzene rings is 3. The number of amides is 1. The second-order valence-electron chi connectivity index (χ2n) is 5.89. The first-order valence-corrected chi connectivity index (χ1v) is 7.68. The molecule has 0 radical (unpaired) electrons. The number of anilines is 2. The van der Waals surface area contributed by atoms with Crippen molar-refractivity contribution in [3.05, 3.63) is 65.2 Å². The van der Waals surface area contributed by atoms with Gasteiger partial charge in [0.05, 0.1) is 16.8 Å². The van der Waals surface area contributed by atoms with Gasteiger partial charge < -0.3 is 16.2 Å². The molecule has 4 nitrogen and oxygen atoms in total. The number of hydrogen-bond donors (Lipinski definition) is 3. The van der Waals surface area contributed by atoms with Crippen LogP contribution in [0, 0.1) is 6.92 Å². The Balaban J connectivity index is 2.01. The fourth-order valence-electron chi connectivity index (χ4n) is 2.66. The summed E-state index contributed by atoms with van der Waals surface area (Å²) < 4.78 is 38.6. The lowest BCUT2D eigenvalue weighted by Crippen LogP contribution is -2.15. The van der Waals surface area contributed by atoms with Crippen molar-refractivity contribution in [3.8, 4) is 5.75 Å². The fourth-order valence-corrected chi connectivity index (χ4v) is 2.66. The number of phenolic OH excluding ortho intramolecular Hbond substituents is 1. The summed E-state index contributed by atoms with van der Waals surface area (Å²) in [5.41, 5.74) is 5.40. The molecule has 0 heterocycles. The van der Waals surface area contributed by atoms with Gasteiger partial charge in [0.1, 0.15) is 0 Å². The van der Waals surface area contributed by atoms with E-state index in [9.17, 15) is 23.1 Å². The Labute approximate surface area is 147 Å². The van der Waals surface area contributed by atoms with E-state index in [-0.39, 0.29) is 16.9 Å². The van der Waals surface area contributed by atoms with Crippen LogP contribution in [0.5, 0.6) is 5.75 Å². The Bertz CT molecular complexity index is 1010. The van der Waals surface area contributed by atoms with Gasteiger partial charge in [-0.15, -0.1) is 0 Å². The van der Waals surface area contributed by atoms with E-state index in [1.807, 2.05) is 0 Å². The first-order valence-electron chi connectivity index (χ1n) is 7.68. The minimum Gasteiger partial charge on any atom is -0.505 e. The molecule has 4 N–H and O–H groups in total. The predicted molar refractivity (Wildman–Crippen MR) is 94.2 cm³/mol. The number of rotatable bonds is 2. The third-order valence-corrected chi connectivity index (χ3v) is 4.12. The highest BCUT2D eigenvalue weighted by Crippen LogP contribution is 2.35. The molecule has 0 bridgehead atoms. The van der Waals surface area contributed by atoms with E-state index in [1.54, 1.807) is 31.2 Å². The van der Waals surface area contributed by atoms with Crippen molar-refractivity contribution in [1.82, 2.24) is 0 Å². The number of hydrogen-bond acceptors (Lipinski definition) is 3. The Morgan fingerprint density at radius 2 is 1.81 bits per heavy atom. The van der Waals surface area contributed by atoms with E-state index in [2.05, 4.69) is 5.32 Å². The third kappa shape index (κ3) is 3.15. The average Bonchev–Trinajstić information content (AvgIpc) is 2.59. The Morgan fingerprint density at radius 3 is 2.50 bits per heavy atom. The molecule has 26 heavy (non-hydrogen) atoms. The van der Waals surface area contributed by atoms with Crippen molar-refractivity contribution in [1.29, 1.82) is 0 Å². The molecule has 3 aromatic rings. The third-order valence-electron chi connectivity index (χ3n) is 4.12. The van der Waals surface area contributed by atoms with Crippen LogP contribution in [0.3, 0.4) is 0 Å². The summed E-state index contributed by atoms with van der Waals surface area (Å²) in [4.78, 5) is 12.5. The number of aryl methyl sites for hydroxylation is 1. The summed E-state index contributed by atoms with van der Waals surface area (Å²) in [5, 5.41) is 13.9. The molecule has 0 aliphatic carbocycles. The van der Waals surface area contributed by atoms with Gasteiger partial charge in [-0.05, 0) is 36.1 Å². The molecule has 0 saturated heterocycles. The molecule has 0 aliphatic heterocycles. The maximum atomic E-state index is 12.9. The van der Waals surface area contributed by atoms with Crippen LogP contribution in [0.1, 0.15) is 21.5 Å². The number of nitrogens with two attached hydrogens (primary N) is 1. The molecule has 3 rings (SSSR count). The van der Waals surface area contributed by atoms with E-state index < -0.39 is 23.4 Å². The van der Waals surface area contributed by atoms with Crippen molar-refractivity contribution in [2.24, 2.45) is 0 Å². The Morgan fingerprint density at radius 1 is 1.12 bits per heavy atom. The lowest BCUT2D eigenvalue weighted by atomic mass is 10.0. The molecule has 0 unspecified atom stereocenters. The van der Waals surface area contributed by atoms with Crippen LogP contribution < -0.4 is 11.1 Å². The lowest BCUT2D eigenvalue weighted by molar-refractivity contribution is -0.137. The summed E-state index contributed by atoms with van der Waals surface area (Å²) in [6.45, 7) is 1.57. The molecule has 134 valence electrons. The van der Waals surface area contributed by atoms with Crippen LogP contribution in [0.25, 0.3) is 10.8 Å². The SMILES string of the molecule is Cc1ccc(C(F)(F)F)cc1NC(=O)c1cc2ccccc2c(N)c1O. The molecule has 0 spiro atoms. The van der Waals surface area contributed by atoms with E-state index in [1.165, 1.54) is 12.1 Å². The van der Waals surface area contributed by atoms with Crippen molar-refractivity contribution >= 4 is 28.1 Å². The molecule has 3 aromatic carbocycles. The number of alkyl halides is 3. The zero-order valence-corrected chi connectivity index (χ0v) is 13.7. The molecule has 0 aliphatic rings. The average molecular weight is 360 g/mol. The zero-order valence-electron chi connectivity index (χ0n) is 13.7. The molecule has 0 aromatic heterocycles. The minimum absolute atomic E-state index is 0.0101. The second-order valence-corrected chi connectivity index (χ2v) is 5.89. The number of fused-ring (bicyclic) bond motifs is 1. The molecular weight excluding hydrogens is 345 g/mol. The van der Waals surface area contributed by atoms with Gasteiger partial charge in [0.25, 0.3) is 5.91 Å². The van der Waals surface area contributed by atoms with Crippen molar-refractivity contribution in [3.63, 3.8) is 0 Å². The maximum absolute atomic E-state index is 12.9. The van der Waals surface area contributed by atoms with Crippen LogP contribution in [-0.4, -0.2) is 11.0 Å². The van der Waals surface area contributed by atoms with Crippen molar-refractivity contribution in [2.45, 2.75) is 13.1 Å². The lowest BCUT2D eigenvalue weighted by Gasteiger charge is -2.14. The van der Waals surface area contributed by atoms with E-state index in [4.69, 9.17) is 5.73 Å². The number of aromatic hydroxyl groups is 1. The standard InChI is InChI=1S/C19H15F3N2O2/c1-10-6-7-12(19(20,21)22)9-15(10)24-18(26)14-8-11-4-2-3-5-13(11)16(23)17(14)25/h2-9,25H,23H2,1H3,(H,24,26). The normalized spacial score (nSPS) is 11.5. The molecule has 0 fully saturated rings. The van der Waals surface area contributed by atoms with Crippen LogP contribution in [0.2, 0.25) is 0 Å². The smallest absolute Gasteiger partial charge is 0.416 e. The highest BCUT2D eigenvalue weighted by molar-refractivity contribution is 6.12. The van der Waals surface area contributed by atoms with Crippen LogP contribution in [-0.2, 0) is 6.18 Å². The number of phenols is 1. The molecule has 1 amide bonds. The van der Waals surface area contributed by atoms with Gasteiger partial charge in [0.2, 0.25) is 0 Å². The minimum atomic E-state index is -4.53. The van der Waals surface area contributed by atoms with Crippen LogP contribution >= 0.6 is 0 Å². The summed E-state index contributed by atoms with van der Waals surface area (Å²) >= 11 is 0. The Kier molecular flexibility index (Phi) is 4.23. The first kappa shape index (κ1) is 17.6. The van der Waals surface area contributed by atoms with Crippen molar-refractivity contribution in [2.75, 3.05) is 11.1 Å². The summed E-state index contributed by atoms with van der Waals surface area (Å²) in [6, 6.07) is 11.4.